The van der Waals surface area contributed by atoms with Gasteiger partial charge in [0.15, 0.2) is 0 Å². The smallest absolute Gasteiger partial charge is 0.119 e. The van der Waals surface area contributed by atoms with Crippen molar-refractivity contribution < 1.29 is 4.74 Å². The first-order valence-corrected chi connectivity index (χ1v) is 8.50. The molecule has 1 aliphatic carbocycles. The largest absolute Gasteiger partial charge is 0.492 e. The second kappa shape index (κ2) is 9.62. The van der Waals surface area contributed by atoms with Crippen molar-refractivity contribution in [3.63, 3.8) is 0 Å². The van der Waals surface area contributed by atoms with Gasteiger partial charge < -0.3 is 10.1 Å². The molecule has 2 rings (SSSR count). The minimum Gasteiger partial charge on any atom is -0.492 e. The zero-order valence-electron chi connectivity index (χ0n) is 13.3. The Kier molecular flexibility index (Phi) is 7.37. The molecule has 116 valence electrons. The summed E-state index contributed by atoms with van der Waals surface area (Å²) in [5, 5.41) is 3.66. The predicted molar refractivity (Wildman–Crippen MR) is 89.8 cm³/mol. The number of benzene rings is 1. The van der Waals surface area contributed by atoms with Crippen LogP contribution in [0.5, 0.6) is 5.75 Å². The zero-order valence-corrected chi connectivity index (χ0v) is 13.3. The number of hydrogen-bond acceptors (Lipinski definition) is 2. The Morgan fingerprint density at radius 2 is 1.90 bits per heavy atom. The molecule has 2 nitrogen and oxygen atoms in total. The van der Waals surface area contributed by atoms with Gasteiger partial charge in [0.05, 0.1) is 6.04 Å². The van der Waals surface area contributed by atoms with E-state index in [-0.39, 0.29) is 0 Å². The fourth-order valence-corrected chi connectivity index (χ4v) is 2.84. The second-order valence-corrected chi connectivity index (χ2v) is 5.86. The van der Waals surface area contributed by atoms with Crippen LogP contribution in [0.2, 0.25) is 0 Å². The molecule has 21 heavy (non-hydrogen) atoms. The quantitative estimate of drug-likeness (QED) is 0.733. The lowest BCUT2D eigenvalue weighted by Crippen LogP contribution is -2.37. The van der Waals surface area contributed by atoms with E-state index in [4.69, 9.17) is 4.74 Å². The lowest BCUT2D eigenvalue weighted by Gasteiger charge is -2.24. The molecule has 0 fully saturated rings. The van der Waals surface area contributed by atoms with Crippen LogP contribution < -0.4 is 10.1 Å². The van der Waals surface area contributed by atoms with Crippen LogP contribution in [0.4, 0.5) is 0 Å². The maximum Gasteiger partial charge on any atom is 0.119 e. The van der Waals surface area contributed by atoms with Gasteiger partial charge in [-0.05, 0) is 50.8 Å². The third kappa shape index (κ3) is 5.92. The van der Waals surface area contributed by atoms with Gasteiger partial charge in [-0.3, -0.25) is 0 Å². The summed E-state index contributed by atoms with van der Waals surface area (Å²) in [4.78, 5) is 0. The van der Waals surface area contributed by atoms with E-state index in [9.17, 15) is 0 Å². The summed E-state index contributed by atoms with van der Waals surface area (Å²) in [6.07, 6.45) is 11.5. The number of para-hydroxylation sites is 1. The molecule has 1 aliphatic rings. The van der Waals surface area contributed by atoms with Crippen molar-refractivity contribution in [2.24, 2.45) is 0 Å². The molecule has 1 atom stereocenters. The van der Waals surface area contributed by atoms with E-state index >= 15 is 0 Å². The first-order valence-electron chi connectivity index (χ1n) is 8.50. The Labute approximate surface area is 129 Å². The molecule has 1 unspecified atom stereocenters. The normalized spacial score (nSPS) is 20.0. The van der Waals surface area contributed by atoms with Crippen molar-refractivity contribution in [3.05, 3.63) is 42.0 Å². The van der Waals surface area contributed by atoms with Gasteiger partial charge in [0.1, 0.15) is 12.4 Å². The summed E-state index contributed by atoms with van der Waals surface area (Å²) in [5.41, 5.74) is 1.55. The van der Waals surface area contributed by atoms with Crippen LogP contribution in [0, 0.1) is 0 Å². The molecule has 0 aliphatic heterocycles. The molecule has 0 saturated heterocycles. The third-order valence-corrected chi connectivity index (χ3v) is 4.07. The molecule has 0 amide bonds. The van der Waals surface area contributed by atoms with Crippen LogP contribution in [0.15, 0.2) is 42.0 Å². The van der Waals surface area contributed by atoms with Crippen molar-refractivity contribution in [1.29, 1.82) is 0 Å². The first-order chi connectivity index (χ1) is 10.4. The Morgan fingerprint density at radius 3 is 2.71 bits per heavy atom. The standard InChI is InChI=1S/C19H29NO/c1-2-15-20-19(16-21-18-13-9-6-10-14-18)17-11-7-4-3-5-8-12-17/h6,9-11,13-14,19-20H,2-5,7-8,12,15-16H2,1H3/b17-11+. The van der Waals surface area contributed by atoms with Crippen molar-refractivity contribution >= 4 is 0 Å². The van der Waals surface area contributed by atoms with Crippen LogP contribution in [0.3, 0.4) is 0 Å². The fraction of sp³-hybridized carbons (Fsp3) is 0.579. The highest BCUT2D eigenvalue weighted by atomic mass is 16.5. The van der Waals surface area contributed by atoms with Crippen LogP contribution in [-0.4, -0.2) is 19.2 Å². The summed E-state index contributed by atoms with van der Waals surface area (Å²) < 4.78 is 5.99. The van der Waals surface area contributed by atoms with Crippen LogP contribution in [0.25, 0.3) is 0 Å². The highest BCUT2D eigenvalue weighted by molar-refractivity contribution is 5.21. The summed E-state index contributed by atoms with van der Waals surface area (Å²) in [6, 6.07) is 10.5. The van der Waals surface area contributed by atoms with Crippen molar-refractivity contribution in [3.8, 4) is 5.75 Å². The summed E-state index contributed by atoms with van der Waals surface area (Å²) in [6.45, 7) is 4.00. The van der Waals surface area contributed by atoms with E-state index in [0.717, 1.165) is 25.3 Å². The second-order valence-electron chi connectivity index (χ2n) is 5.86. The maximum absolute atomic E-state index is 5.99. The number of nitrogens with one attached hydrogen (secondary N) is 1. The van der Waals surface area contributed by atoms with Gasteiger partial charge in [-0.25, -0.2) is 0 Å². The lowest BCUT2D eigenvalue weighted by molar-refractivity contribution is 0.277. The summed E-state index contributed by atoms with van der Waals surface area (Å²) in [5.74, 6) is 0.965. The molecule has 1 aromatic rings. The average molecular weight is 287 g/mol. The molecule has 1 aromatic carbocycles. The van der Waals surface area contributed by atoms with Gasteiger partial charge in [-0.15, -0.1) is 0 Å². The fourth-order valence-electron chi connectivity index (χ4n) is 2.84. The van der Waals surface area contributed by atoms with E-state index in [2.05, 4.69) is 18.3 Å². The van der Waals surface area contributed by atoms with Gasteiger partial charge in [0.25, 0.3) is 0 Å². The van der Waals surface area contributed by atoms with Crippen LogP contribution in [0.1, 0.15) is 51.9 Å². The first kappa shape index (κ1) is 16.1. The number of ether oxygens (including phenoxy) is 1. The maximum atomic E-state index is 5.99. The predicted octanol–water partition coefficient (Wildman–Crippen LogP) is 4.71. The zero-order chi connectivity index (χ0) is 14.8. The molecule has 0 saturated carbocycles. The van der Waals surface area contributed by atoms with Gasteiger partial charge in [-0.2, -0.15) is 0 Å². The van der Waals surface area contributed by atoms with Crippen molar-refractivity contribution in [1.82, 2.24) is 5.32 Å². The van der Waals surface area contributed by atoms with E-state index in [1.165, 1.54) is 38.5 Å². The third-order valence-electron chi connectivity index (χ3n) is 4.07. The van der Waals surface area contributed by atoms with Gasteiger partial charge in [0.2, 0.25) is 0 Å². The molecule has 1 N–H and O–H groups in total. The Hall–Kier alpha value is -1.28. The molecular weight excluding hydrogens is 258 g/mol. The highest BCUT2D eigenvalue weighted by Crippen LogP contribution is 2.20. The highest BCUT2D eigenvalue weighted by Gasteiger charge is 2.15. The summed E-state index contributed by atoms with van der Waals surface area (Å²) >= 11 is 0. The Bertz CT molecular complexity index is 413. The van der Waals surface area contributed by atoms with Gasteiger partial charge in [0, 0.05) is 0 Å². The van der Waals surface area contributed by atoms with E-state index in [1.807, 2.05) is 30.3 Å². The van der Waals surface area contributed by atoms with E-state index in [0.29, 0.717) is 6.04 Å². The average Bonchev–Trinajstić information content (AvgIpc) is 2.49. The molecule has 0 bridgehead atoms. The minimum absolute atomic E-state index is 0.364. The van der Waals surface area contributed by atoms with E-state index in [1.54, 1.807) is 5.57 Å². The van der Waals surface area contributed by atoms with Gasteiger partial charge in [-0.1, -0.05) is 49.6 Å². The lowest BCUT2D eigenvalue weighted by atomic mass is 9.95. The van der Waals surface area contributed by atoms with Gasteiger partial charge >= 0.3 is 0 Å². The molecule has 2 heteroatoms. The van der Waals surface area contributed by atoms with E-state index < -0.39 is 0 Å². The molecule has 0 spiro atoms. The summed E-state index contributed by atoms with van der Waals surface area (Å²) in [7, 11) is 0. The topological polar surface area (TPSA) is 21.3 Å². The Balaban J connectivity index is 1.95. The molecule has 0 radical (unpaired) electrons. The monoisotopic (exact) mass is 287 g/mol. The molecular formula is C19H29NO. The van der Waals surface area contributed by atoms with Crippen molar-refractivity contribution in [2.45, 2.75) is 57.9 Å². The Morgan fingerprint density at radius 1 is 1.10 bits per heavy atom. The van der Waals surface area contributed by atoms with Crippen LogP contribution in [-0.2, 0) is 0 Å². The number of rotatable bonds is 7. The minimum atomic E-state index is 0.364. The SMILES string of the molecule is CCCNC(COc1ccccc1)/C1=C/CCCCCC1. The van der Waals surface area contributed by atoms with Crippen molar-refractivity contribution in [2.75, 3.05) is 13.2 Å². The number of allylic oxidation sites excluding steroid dienone is 1. The molecule has 0 aromatic heterocycles. The molecule has 0 heterocycles. The van der Waals surface area contributed by atoms with Crippen LogP contribution >= 0.6 is 0 Å². The number of hydrogen-bond donors (Lipinski definition) is 1.